The van der Waals surface area contributed by atoms with Crippen molar-refractivity contribution in [1.82, 2.24) is 4.90 Å². The zero-order valence-corrected chi connectivity index (χ0v) is 9.88. The summed E-state index contributed by atoms with van der Waals surface area (Å²) in [6.07, 6.45) is -5.42. The van der Waals surface area contributed by atoms with Crippen LogP contribution >= 0.6 is 0 Å². The maximum atomic E-state index is 12.0. The van der Waals surface area contributed by atoms with Crippen molar-refractivity contribution in [3.63, 3.8) is 0 Å². The van der Waals surface area contributed by atoms with Crippen LogP contribution in [0, 0.1) is 5.41 Å². The quantitative estimate of drug-likeness (QED) is 0.342. The fraction of sp³-hybridized carbons (Fsp3) is 0.778. The molecule has 0 aliphatic heterocycles. The second-order valence-electron chi connectivity index (χ2n) is 4.20. The maximum Gasteiger partial charge on any atom is 0.390 e. The Bertz CT molecular complexity index is 313. The third-order valence-electron chi connectivity index (χ3n) is 2.36. The Morgan fingerprint density at radius 3 is 2.24 bits per heavy atom. The molecule has 0 bridgehead atoms. The van der Waals surface area contributed by atoms with Gasteiger partial charge in [0.1, 0.15) is 5.41 Å². The largest absolute Gasteiger partial charge is 0.409 e. The van der Waals surface area contributed by atoms with E-state index in [0.717, 1.165) is 4.90 Å². The highest BCUT2D eigenvalue weighted by Gasteiger charge is 2.36. The third-order valence-corrected chi connectivity index (χ3v) is 2.36. The lowest BCUT2D eigenvalue weighted by Crippen LogP contribution is -2.47. The van der Waals surface area contributed by atoms with Crippen molar-refractivity contribution in [2.75, 3.05) is 13.6 Å². The molecular formula is C9H16F3N3O2. The van der Waals surface area contributed by atoms with Crippen LogP contribution in [0.5, 0.6) is 0 Å². The normalized spacial score (nSPS) is 13.6. The average Bonchev–Trinajstić information content (AvgIpc) is 2.22. The molecule has 8 heteroatoms. The minimum absolute atomic E-state index is 0.346. The summed E-state index contributed by atoms with van der Waals surface area (Å²) in [6, 6.07) is 0. The van der Waals surface area contributed by atoms with E-state index in [1.165, 1.54) is 20.9 Å². The van der Waals surface area contributed by atoms with Crippen LogP contribution in [0.25, 0.3) is 0 Å². The van der Waals surface area contributed by atoms with Crippen molar-refractivity contribution in [2.45, 2.75) is 26.4 Å². The Morgan fingerprint density at radius 2 is 1.88 bits per heavy atom. The number of halogens is 3. The molecule has 0 heterocycles. The van der Waals surface area contributed by atoms with Crippen LogP contribution in [0.3, 0.4) is 0 Å². The molecule has 0 aliphatic carbocycles. The first-order valence-corrected chi connectivity index (χ1v) is 4.82. The predicted molar refractivity (Wildman–Crippen MR) is 55.5 cm³/mol. The van der Waals surface area contributed by atoms with Crippen LogP contribution < -0.4 is 5.73 Å². The van der Waals surface area contributed by atoms with Gasteiger partial charge in [-0.25, -0.2) is 0 Å². The highest BCUT2D eigenvalue weighted by atomic mass is 19.4. The number of rotatable bonds is 4. The topological polar surface area (TPSA) is 78.9 Å². The summed E-state index contributed by atoms with van der Waals surface area (Å²) < 4.78 is 35.9. The second-order valence-corrected chi connectivity index (χ2v) is 4.20. The molecule has 5 nitrogen and oxygen atoms in total. The van der Waals surface area contributed by atoms with E-state index in [1.807, 2.05) is 0 Å². The van der Waals surface area contributed by atoms with Gasteiger partial charge in [0.2, 0.25) is 5.91 Å². The Hall–Kier alpha value is -1.47. The fourth-order valence-corrected chi connectivity index (χ4v) is 1.11. The summed E-state index contributed by atoms with van der Waals surface area (Å²) in [5, 5.41) is 11.2. The number of alkyl halides is 3. The summed E-state index contributed by atoms with van der Waals surface area (Å²) in [5.41, 5.74) is 3.96. The van der Waals surface area contributed by atoms with Crippen molar-refractivity contribution >= 4 is 11.7 Å². The smallest absolute Gasteiger partial charge is 0.390 e. The second kappa shape index (κ2) is 5.24. The van der Waals surface area contributed by atoms with Gasteiger partial charge in [0.25, 0.3) is 0 Å². The van der Waals surface area contributed by atoms with Crippen molar-refractivity contribution in [3.8, 4) is 0 Å². The Labute approximate surface area is 97.1 Å². The lowest BCUT2D eigenvalue weighted by atomic mass is 9.90. The summed E-state index contributed by atoms with van der Waals surface area (Å²) >= 11 is 0. The van der Waals surface area contributed by atoms with E-state index in [0.29, 0.717) is 0 Å². The van der Waals surface area contributed by atoms with Crippen molar-refractivity contribution in [3.05, 3.63) is 0 Å². The molecular weight excluding hydrogens is 239 g/mol. The molecule has 0 spiro atoms. The van der Waals surface area contributed by atoms with E-state index < -0.39 is 30.5 Å². The molecule has 0 aromatic carbocycles. The van der Waals surface area contributed by atoms with Crippen molar-refractivity contribution < 1.29 is 23.2 Å². The summed E-state index contributed by atoms with van der Waals surface area (Å²) in [5.74, 6) is -0.988. The van der Waals surface area contributed by atoms with Gasteiger partial charge in [-0.1, -0.05) is 5.16 Å². The number of carbonyl (C=O) groups is 1. The molecule has 1 amide bonds. The Kier molecular flexibility index (Phi) is 4.79. The molecule has 0 unspecified atom stereocenters. The Morgan fingerprint density at radius 1 is 1.41 bits per heavy atom. The molecule has 0 aliphatic rings. The predicted octanol–water partition coefficient (Wildman–Crippen LogP) is 1.17. The molecule has 0 fully saturated rings. The Balaban J connectivity index is 4.61. The van der Waals surface area contributed by atoms with Crippen molar-refractivity contribution in [2.24, 2.45) is 16.3 Å². The molecule has 0 rings (SSSR count). The monoisotopic (exact) mass is 255 g/mol. The number of oxime groups is 1. The molecule has 100 valence electrons. The lowest BCUT2D eigenvalue weighted by Gasteiger charge is -2.28. The van der Waals surface area contributed by atoms with Gasteiger partial charge in [-0.3, -0.25) is 4.79 Å². The third kappa shape index (κ3) is 4.49. The van der Waals surface area contributed by atoms with Crippen LogP contribution in [0.4, 0.5) is 13.2 Å². The average molecular weight is 255 g/mol. The van der Waals surface area contributed by atoms with E-state index in [4.69, 9.17) is 10.9 Å². The number of nitrogens with zero attached hydrogens (tertiary/aromatic N) is 2. The number of amides is 1. The molecule has 0 saturated heterocycles. The fourth-order valence-electron chi connectivity index (χ4n) is 1.11. The van der Waals surface area contributed by atoms with Crippen LogP contribution in [0.1, 0.15) is 20.3 Å². The summed E-state index contributed by atoms with van der Waals surface area (Å²) in [6.45, 7) is 2.27. The first-order chi connectivity index (χ1) is 7.52. The van der Waals surface area contributed by atoms with Gasteiger partial charge in [-0.05, 0) is 13.8 Å². The highest BCUT2D eigenvalue weighted by Crippen LogP contribution is 2.22. The molecule has 0 aromatic rings. The van der Waals surface area contributed by atoms with Gasteiger partial charge >= 0.3 is 6.18 Å². The van der Waals surface area contributed by atoms with Crippen LogP contribution in [-0.2, 0) is 4.79 Å². The first-order valence-electron chi connectivity index (χ1n) is 4.82. The molecule has 0 saturated carbocycles. The van der Waals surface area contributed by atoms with Crippen LogP contribution in [0.2, 0.25) is 0 Å². The van der Waals surface area contributed by atoms with Gasteiger partial charge in [-0.2, -0.15) is 13.2 Å². The SMILES string of the molecule is CN(CCC(F)(F)F)C(=O)C(C)(C)C(N)=NO. The number of carbonyl (C=O) groups excluding carboxylic acids is 1. The lowest BCUT2D eigenvalue weighted by molar-refractivity contribution is -0.147. The molecule has 0 radical (unpaired) electrons. The minimum Gasteiger partial charge on any atom is -0.409 e. The van der Waals surface area contributed by atoms with E-state index in [1.54, 1.807) is 0 Å². The minimum atomic E-state index is -4.32. The molecule has 3 N–H and O–H groups in total. The zero-order valence-electron chi connectivity index (χ0n) is 9.88. The highest BCUT2D eigenvalue weighted by molar-refractivity contribution is 6.05. The first kappa shape index (κ1) is 15.5. The van der Waals surface area contributed by atoms with Gasteiger partial charge in [-0.15, -0.1) is 0 Å². The van der Waals surface area contributed by atoms with Gasteiger partial charge in [0, 0.05) is 13.6 Å². The number of hydrogen-bond donors (Lipinski definition) is 2. The summed E-state index contributed by atoms with van der Waals surface area (Å²) in [7, 11) is 1.24. The number of nitrogens with two attached hydrogens (primary N) is 1. The van der Waals surface area contributed by atoms with Gasteiger partial charge < -0.3 is 15.8 Å². The maximum absolute atomic E-state index is 12.0. The van der Waals surface area contributed by atoms with Gasteiger partial charge in [0.05, 0.1) is 6.42 Å². The number of amidine groups is 1. The standard InChI is InChI=1S/C9H16F3N3O2/c1-8(2,6(13)14-17)7(16)15(3)5-4-9(10,11)12/h17H,4-5H2,1-3H3,(H2,13,14). The van der Waals surface area contributed by atoms with Crippen LogP contribution in [-0.4, -0.2) is 41.6 Å². The molecule has 0 atom stereocenters. The summed E-state index contributed by atoms with van der Waals surface area (Å²) in [4.78, 5) is 12.7. The molecule has 0 aromatic heterocycles. The van der Waals surface area contributed by atoms with E-state index in [-0.39, 0.29) is 5.84 Å². The number of hydrogen-bond acceptors (Lipinski definition) is 3. The van der Waals surface area contributed by atoms with E-state index in [9.17, 15) is 18.0 Å². The van der Waals surface area contributed by atoms with Gasteiger partial charge in [0.15, 0.2) is 5.84 Å². The van der Waals surface area contributed by atoms with Crippen LogP contribution in [0.15, 0.2) is 5.16 Å². The van der Waals surface area contributed by atoms with Crippen molar-refractivity contribution in [1.29, 1.82) is 0 Å². The zero-order chi connectivity index (χ0) is 13.9. The molecule has 17 heavy (non-hydrogen) atoms. The van der Waals surface area contributed by atoms with E-state index >= 15 is 0 Å². The van der Waals surface area contributed by atoms with E-state index in [2.05, 4.69) is 5.16 Å².